The molecule has 0 bridgehead atoms. The number of nitrogens with one attached hydrogen (secondary N) is 1. The van der Waals surface area contributed by atoms with Gasteiger partial charge in [-0.25, -0.2) is 4.39 Å². The van der Waals surface area contributed by atoms with Gasteiger partial charge in [0.1, 0.15) is 5.82 Å². The maximum atomic E-state index is 13.9. The SMILES string of the molecule is CCNCC1CCN(S(=O)(=O)N(C)Cc2c(F)cccc2Cl)CC1. The average molecular weight is 378 g/mol. The molecule has 8 heteroatoms. The second-order valence-corrected chi connectivity index (χ2v) is 8.56. The number of piperidine rings is 1. The number of halogens is 2. The van der Waals surface area contributed by atoms with E-state index in [4.69, 9.17) is 11.6 Å². The van der Waals surface area contributed by atoms with Gasteiger partial charge in [0.2, 0.25) is 0 Å². The van der Waals surface area contributed by atoms with Gasteiger partial charge in [-0.2, -0.15) is 17.0 Å². The second kappa shape index (κ2) is 8.58. The first kappa shape index (κ1) is 19.6. The molecule has 24 heavy (non-hydrogen) atoms. The van der Waals surface area contributed by atoms with Crippen molar-refractivity contribution in [1.29, 1.82) is 0 Å². The van der Waals surface area contributed by atoms with Gasteiger partial charge in [-0.15, -0.1) is 0 Å². The highest BCUT2D eigenvalue weighted by Gasteiger charge is 2.31. The lowest BCUT2D eigenvalue weighted by Gasteiger charge is -2.34. The van der Waals surface area contributed by atoms with E-state index in [-0.39, 0.29) is 17.1 Å². The van der Waals surface area contributed by atoms with Gasteiger partial charge in [-0.3, -0.25) is 0 Å². The van der Waals surface area contributed by atoms with Crippen LogP contribution in [0.15, 0.2) is 18.2 Å². The van der Waals surface area contributed by atoms with Crippen LogP contribution in [0.1, 0.15) is 25.3 Å². The van der Waals surface area contributed by atoms with Crippen molar-refractivity contribution in [3.05, 3.63) is 34.6 Å². The van der Waals surface area contributed by atoms with Crippen molar-refractivity contribution in [2.45, 2.75) is 26.3 Å². The van der Waals surface area contributed by atoms with E-state index < -0.39 is 16.0 Å². The maximum Gasteiger partial charge on any atom is 0.282 e. The summed E-state index contributed by atoms with van der Waals surface area (Å²) in [4.78, 5) is 0. The molecule has 2 rings (SSSR count). The second-order valence-electron chi connectivity index (χ2n) is 6.11. The van der Waals surface area contributed by atoms with E-state index >= 15 is 0 Å². The van der Waals surface area contributed by atoms with Gasteiger partial charge < -0.3 is 5.32 Å². The monoisotopic (exact) mass is 377 g/mol. The highest BCUT2D eigenvalue weighted by molar-refractivity contribution is 7.86. The van der Waals surface area contributed by atoms with Gasteiger partial charge in [-0.05, 0) is 44.0 Å². The van der Waals surface area contributed by atoms with Gasteiger partial charge in [-0.1, -0.05) is 24.6 Å². The Kier molecular flexibility index (Phi) is 7.00. The van der Waals surface area contributed by atoms with E-state index in [0.29, 0.717) is 19.0 Å². The zero-order valence-electron chi connectivity index (χ0n) is 14.1. The molecule has 1 aliphatic rings. The summed E-state index contributed by atoms with van der Waals surface area (Å²) in [5, 5.41) is 3.54. The fraction of sp³-hybridized carbons (Fsp3) is 0.625. The molecule has 1 aromatic rings. The third kappa shape index (κ3) is 4.67. The largest absolute Gasteiger partial charge is 0.317 e. The summed E-state index contributed by atoms with van der Waals surface area (Å²) >= 11 is 6.00. The Balaban J connectivity index is 2.00. The fourth-order valence-electron chi connectivity index (χ4n) is 2.88. The van der Waals surface area contributed by atoms with Crippen LogP contribution in [0, 0.1) is 11.7 Å². The van der Waals surface area contributed by atoms with Crippen molar-refractivity contribution < 1.29 is 12.8 Å². The van der Waals surface area contributed by atoms with Crippen molar-refractivity contribution in [2.24, 2.45) is 5.92 Å². The van der Waals surface area contributed by atoms with Crippen LogP contribution < -0.4 is 5.32 Å². The van der Waals surface area contributed by atoms with Crippen LogP contribution >= 0.6 is 11.6 Å². The molecule has 0 atom stereocenters. The summed E-state index contributed by atoms with van der Waals surface area (Å²) in [7, 11) is -2.16. The Morgan fingerprint density at radius 3 is 2.62 bits per heavy atom. The van der Waals surface area contributed by atoms with Crippen LogP contribution in [0.3, 0.4) is 0 Å². The van der Waals surface area contributed by atoms with Gasteiger partial charge in [0.05, 0.1) is 0 Å². The number of nitrogens with zero attached hydrogens (tertiary/aromatic N) is 2. The summed E-state index contributed by atoms with van der Waals surface area (Å²) in [6, 6.07) is 4.35. The molecular formula is C16H25ClFN3O2S. The molecule has 0 radical (unpaired) electrons. The topological polar surface area (TPSA) is 52.7 Å². The van der Waals surface area contributed by atoms with Crippen LogP contribution in [0.2, 0.25) is 5.02 Å². The van der Waals surface area contributed by atoms with E-state index in [9.17, 15) is 12.8 Å². The summed E-state index contributed by atoms with van der Waals surface area (Å²) in [6.45, 7) is 4.81. The molecule has 1 aliphatic heterocycles. The minimum Gasteiger partial charge on any atom is -0.317 e. The quantitative estimate of drug-likeness (QED) is 0.794. The third-order valence-electron chi connectivity index (χ3n) is 4.42. The molecule has 0 aliphatic carbocycles. The predicted octanol–water partition coefficient (Wildman–Crippen LogP) is 2.48. The molecule has 136 valence electrons. The molecule has 1 N–H and O–H groups in total. The lowest BCUT2D eigenvalue weighted by Crippen LogP contribution is -2.46. The summed E-state index contributed by atoms with van der Waals surface area (Å²) in [5.41, 5.74) is 0.201. The van der Waals surface area contributed by atoms with Gasteiger partial charge in [0.15, 0.2) is 0 Å². The smallest absolute Gasteiger partial charge is 0.282 e. The Morgan fingerprint density at radius 2 is 2.04 bits per heavy atom. The van der Waals surface area contributed by atoms with Crippen LogP contribution in [0.25, 0.3) is 0 Å². The van der Waals surface area contributed by atoms with Gasteiger partial charge in [0.25, 0.3) is 10.2 Å². The molecule has 5 nitrogen and oxygen atoms in total. The first-order valence-electron chi connectivity index (χ1n) is 8.21. The Hall–Kier alpha value is -0.730. The van der Waals surface area contributed by atoms with Crippen LogP contribution in [-0.4, -0.2) is 50.3 Å². The van der Waals surface area contributed by atoms with Crippen molar-refractivity contribution in [3.8, 4) is 0 Å². The number of rotatable bonds is 7. The minimum atomic E-state index is -3.62. The average Bonchev–Trinajstić information content (AvgIpc) is 2.56. The molecule has 1 aromatic carbocycles. The van der Waals surface area contributed by atoms with Crippen molar-refractivity contribution >= 4 is 21.8 Å². The molecule has 1 heterocycles. The number of benzene rings is 1. The summed E-state index contributed by atoms with van der Waals surface area (Å²) < 4.78 is 41.9. The zero-order valence-corrected chi connectivity index (χ0v) is 15.7. The molecule has 0 unspecified atom stereocenters. The normalized spacial score (nSPS) is 17.5. The molecule has 1 fully saturated rings. The Labute approximate surface area is 149 Å². The lowest BCUT2D eigenvalue weighted by molar-refractivity contribution is 0.253. The lowest BCUT2D eigenvalue weighted by atomic mass is 9.98. The Morgan fingerprint density at radius 1 is 1.38 bits per heavy atom. The molecule has 1 saturated heterocycles. The molecular weight excluding hydrogens is 353 g/mol. The van der Waals surface area contributed by atoms with Crippen LogP contribution in [0.5, 0.6) is 0 Å². The first-order chi connectivity index (χ1) is 11.4. The van der Waals surface area contributed by atoms with E-state index in [0.717, 1.165) is 25.9 Å². The van der Waals surface area contributed by atoms with E-state index in [2.05, 4.69) is 12.2 Å². The van der Waals surface area contributed by atoms with Crippen LogP contribution in [0.4, 0.5) is 4.39 Å². The fourth-order valence-corrected chi connectivity index (χ4v) is 4.46. The minimum absolute atomic E-state index is 0.0782. The summed E-state index contributed by atoms with van der Waals surface area (Å²) in [6.07, 6.45) is 1.67. The Bertz CT molecular complexity index is 628. The van der Waals surface area contributed by atoms with E-state index in [1.165, 1.54) is 27.8 Å². The number of hydrogen-bond acceptors (Lipinski definition) is 3. The van der Waals surface area contributed by atoms with Gasteiger partial charge >= 0.3 is 0 Å². The molecule has 0 spiro atoms. The highest BCUT2D eigenvalue weighted by Crippen LogP contribution is 2.24. The standard InChI is InChI=1S/C16H25ClFN3O2S/c1-3-19-11-13-7-9-21(10-8-13)24(22,23)20(2)12-14-15(17)5-4-6-16(14)18/h4-6,13,19H,3,7-12H2,1-2H3. The predicted molar refractivity (Wildman–Crippen MR) is 94.6 cm³/mol. The van der Waals surface area contributed by atoms with Crippen LogP contribution in [-0.2, 0) is 16.8 Å². The van der Waals surface area contributed by atoms with E-state index in [1.807, 2.05) is 0 Å². The number of hydrogen-bond donors (Lipinski definition) is 1. The zero-order chi connectivity index (χ0) is 17.7. The van der Waals surface area contributed by atoms with E-state index in [1.54, 1.807) is 6.07 Å². The first-order valence-corrected chi connectivity index (χ1v) is 9.98. The van der Waals surface area contributed by atoms with Crippen molar-refractivity contribution in [1.82, 2.24) is 13.9 Å². The molecule has 0 amide bonds. The summed E-state index contributed by atoms with van der Waals surface area (Å²) in [5.74, 6) is 0.0108. The third-order valence-corrected chi connectivity index (χ3v) is 6.71. The molecule has 0 aromatic heterocycles. The van der Waals surface area contributed by atoms with Gasteiger partial charge in [0, 0.05) is 37.3 Å². The maximum absolute atomic E-state index is 13.9. The highest BCUT2D eigenvalue weighted by atomic mass is 35.5. The molecule has 0 saturated carbocycles. The van der Waals surface area contributed by atoms with Crippen molar-refractivity contribution in [2.75, 3.05) is 33.2 Å². The van der Waals surface area contributed by atoms with Crippen molar-refractivity contribution in [3.63, 3.8) is 0 Å².